The number of imide groups is 2. The maximum Gasteiger partial charge on any atom is 0.331 e. The number of amides is 4. The van der Waals surface area contributed by atoms with E-state index < -0.39 is 39.8 Å². The number of rotatable bonds is 6. The van der Waals surface area contributed by atoms with Crippen LogP contribution in [0.1, 0.15) is 11.1 Å². The smallest absolute Gasteiger partial charge is 0.331 e. The highest BCUT2D eigenvalue weighted by atomic mass is 16.6. The number of nitro benzene ring substituents is 1. The molecule has 0 bridgehead atoms. The van der Waals surface area contributed by atoms with Gasteiger partial charge in [-0.1, -0.05) is 12.1 Å². The van der Waals surface area contributed by atoms with Crippen molar-refractivity contribution in [1.82, 2.24) is 10.2 Å². The van der Waals surface area contributed by atoms with Crippen molar-refractivity contribution in [2.45, 2.75) is 6.54 Å². The molecule has 11 heteroatoms. The van der Waals surface area contributed by atoms with E-state index in [1.165, 1.54) is 20.3 Å². The second-order valence-electron chi connectivity index (χ2n) is 6.40. The topological polar surface area (TPSA) is 148 Å². The van der Waals surface area contributed by atoms with Crippen molar-refractivity contribution < 1.29 is 33.9 Å². The molecule has 4 amide bonds. The number of aromatic hydroxyl groups is 1. The van der Waals surface area contributed by atoms with Gasteiger partial charge in [-0.3, -0.25) is 29.9 Å². The molecule has 0 atom stereocenters. The average Bonchev–Trinajstić information content (AvgIpc) is 2.75. The monoisotopic (exact) mass is 427 g/mol. The Hall–Kier alpha value is -4.41. The Morgan fingerprint density at radius 3 is 2.39 bits per heavy atom. The number of carbonyl (C=O) groups excluding carboxylic acids is 3. The minimum absolute atomic E-state index is 0.0543. The van der Waals surface area contributed by atoms with Crippen molar-refractivity contribution in [3.8, 4) is 17.2 Å². The molecule has 1 aliphatic heterocycles. The van der Waals surface area contributed by atoms with Crippen molar-refractivity contribution in [3.05, 3.63) is 63.2 Å². The van der Waals surface area contributed by atoms with Crippen molar-refractivity contribution in [3.63, 3.8) is 0 Å². The van der Waals surface area contributed by atoms with Gasteiger partial charge in [-0.25, -0.2) is 4.79 Å². The summed E-state index contributed by atoms with van der Waals surface area (Å²) < 4.78 is 9.97. The van der Waals surface area contributed by atoms with Crippen LogP contribution in [-0.4, -0.2) is 47.0 Å². The van der Waals surface area contributed by atoms with Crippen LogP contribution < -0.4 is 14.8 Å². The van der Waals surface area contributed by atoms with Crippen molar-refractivity contribution in [2.75, 3.05) is 14.2 Å². The summed E-state index contributed by atoms with van der Waals surface area (Å²) in [4.78, 5) is 48.5. The first-order chi connectivity index (χ1) is 14.7. The molecule has 0 radical (unpaired) electrons. The first-order valence-electron chi connectivity index (χ1n) is 8.82. The molecule has 0 aliphatic carbocycles. The van der Waals surface area contributed by atoms with E-state index in [9.17, 15) is 29.6 Å². The number of nitrogens with one attached hydrogen (secondary N) is 1. The molecule has 1 heterocycles. The first kappa shape index (κ1) is 21.3. The van der Waals surface area contributed by atoms with Crippen LogP contribution in [0.3, 0.4) is 0 Å². The number of methoxy groups -OCH3 is 2. The fourth-order valence-corrected chi connectivity index (χ4v) is 2.91. The number of barbiturate groups is 1. The molecule has 0 saturated carbocycles. The summed E-state index contributed by atoms with van der Waals surface area (Å²) in [7, 11) is 2.70. The fraction of sp³-hybridized carbons (Fsp3) is 0.150. The minimum atomic E-state index is -0.948. The lowest BCUT2D eigenvalue weighted by Gasteiger charge is -2.26. The number of nitrogens with zero attached hydrogens (tertiary/aromatic N) is 2. The van der Waals surface area contributed by atoms with Crippen LogP contribution in [0.5, 0.6) is 17.2 Å². The Morgan fingerprint density at radius 1 is 1.13 bits per heavy atom. The number of urea groups is 1. The SMILES string of the molecule is COc1ccc(CN2C(=O)NC(=O)/C(=C/c3cc(OC)c(O)c([N+](=O)[O-])c3)C2=O)cc1. The van der Waals surface area contributed by atoms with E-state index in [1.807, 2.05) is 0 Å². The molecular weight excluding hydrogens is 410 g/mol. The van der Waals surface area contributed by atoms with Gasteiger partial charge in [0, 0.05) is 6.07 Å². The van der Waals surface area contributed by atoms with Crippen LogP contribution in [0.4, 0.5) is 10.5 Å². The number of hydrogen-bond donors (Lipinski definition) is 2. The molecule has 1 fully saturated rings. The number of phenolic OH excluding ortho intramolecular Hbond substituents is 1. The molecule has 11 nitrogen and oxygen atoms in total. The fourth-order valence-electron chi connectivity index (χ4n) is 2.91. The third-order valence-electron chi connectivity index (χ3n) is 4.49. The third kappa shape index (κ3) is 4.29. The van der Waals surface area contributed by atoms with E-state index in [1.54, 1.807) is 24.3 Å². The normalized spacial score (nSPS) is 15.1. The third-order valence-corrected chi connectivity index (χ3v) is 4.49. The first-order valence-corrected chi connectivity index (χ1v) is 8.82. The molecule has 2 aromatic carbocycles. The zero-order valence-corrected chi connectivity index (χ0v) is 16.4. The van der Waals surface area contributed by atoms with E-state index in [4.69, 9.17) is 9.47 Å². The quantitative estimate of drug-likeness (QED) is 0.308. The van der Waals surface area contributed by atoms with Gasteiger partial charge in [-0.2, -0.15) is 0 Å². The molecule has 1 saturated heterocycles. The molecule has 0 aromatic heterocycles. The number of benzene rings is 2. The predicted molar refractivity (Wildman–Crippen MR) is 106 cm³/mol. The zero-order valence-electron chi connectivity index (χ0n) is 16.4. The summed E-state index contributed by atoms with van der Waals surface area (Å²) in [5, 5.41) is 23.1. The molecule has 160 valence electrons. The number of ether oxygens (including phenoxy) is 2. The lowest BCUT2D eigenvalue weighted by atomic mass is 10.1. The van der Waals surface area contributed by atoms with Gasteiger partial charge in [-0.05, 0) is 35.4 Å². The van der Waals surface area contributed by atoms with Crippen LogP contribution >= 0.6 is 0 Å². The Balaban J connectivity index is 1.96. The maximum absolute atomic E-state index is 12.9. The molecule has 1 aliphatic rings. The summed E-state index contributed by atoms with van der Waals surface area (Å²) in [5.74, 6) is -2.13. The molecule has 31 heavy (non-hydrogen) atoms. The second kappa shape index (κ2) is 8.53. The number of nitro groups is 1. The Kier molecular flexibility index (Phi) is 5.86. The van der Waals surface area contributed by atoms with Crippen LogP contribution in [0, 0.1) is 10.1 Å². The maximum atomic E-state index is 12.9. The lowest BCUT2D eigenvalue weighted by Crippen LogP contribution is -2.53. The minimum Gasteiger partial charge on any atom is -0.500 e. The van der Waals surface area contributed by atoms with Gasteiger partial charge < -0.3 is 14.6 Å². The van der Waals surface area contributed by atoms with Crippen molar-refractivity contribution in [2.24, 2.45) is 0 Å². The van der Waals surface area contributed by atoms with E-state index in [0.29, 0.717) is 11.3 Å². The van der Waals surface area contributed by atoms with E-state index in [-0.39, 0.29) is 17.9 Å². The van der Waals surface area contributed by atoms with E-state index >= 15 is 0 Å². The predicted octanol–water partition coefficient (Wildman–Crippen LogP) is 1.98. The highest BCUT2D eigenvalue weighted by molar-refractivity contribution is 6.31. The van der Waals surface area contributed by atoms with E-state index in [2.05, 4.69) is 5.32 Å². The van der Waals surface area contributed by atoms with Gasteiger partial charge in [0.05, 0.1) is 25.7 Å². The Labute approximate surface area is 175 Å². The van der Waals surface area contributed by atoms with Crippen LogP contribution in [0.15, 0.2) is 42.0 Å². The standard InChI is InChI=1S/C20H17N3O8/c1-30-13-5-3-11(4-6-13)10-22-19(26)14(18(25)21-20(22)27)7-12-8-15(23(28)29)17(24)16(9-12)31-2/h3-9,24H,10H2,1-2H3,(H,21,25,27)/b14-7-. The number of phenols is 1. The summed E-state index contributed by atoms with van der Waals surface area (Å²) in [6.45, 7) is -0.113. The summed E-state index contributed by atoms with van der Waals surface area (Å²) in [5.41, 5.74) is -0.408. The Bertz CT molecular complexity index is 1110. The number of carbonyl (C=O) groups is 3. The van der Waals surface area contributed by atoms with Crippen LogP contribution in [0.2, 0.25) is 0 Å². The van der Waals surface area contributed by atoms with Gasteiger partial charge in [0.2, 0.25) is 5.75 Å². The Morgan fingerprint density at radius 2 is 1.81 bits per heavy atom. The summed E-state index contributed by atoms with van der Waals surface area (Å²) in [6.07, 6.45) is 1.08. The largest absolute Gasteiger partial charge is 0.500 e. The lowest BCUT2D eigenvalue weighted by molar-refractivity contribution is -0.386. The van der Waals surface area contributed by atoms with Gasteiger partial charge in [0.15, 0.2) is 5.75 Å². The van der Waals surface area contributed by atoms with Crippen LogP contribution in [-0.2, 0) is 16.1 Å². The highest BCUT2D eigenvalue weighted by Crippen LogP contribution is 2.37. The molecule has 0 spiro atoms. The van der Waals surface area contributed by atoms with Gasteiger partial charge >= 0.3 is 11.7 Å². The number of hydrogen-bond acceptors (Lipinski definition) is 8. The van der Waals surface area contributed by atoms with Crippen LogP contribution in [0.25, 0.3) is 6.08 Å². The molecule has 3 rings (SSSR count). The molecule has 2 aromatic rings. The van der Waals surface area contributed by atoms with Gasteiger partial charge in [0.1, 0.15) is 11.3 Å². The average molecular weight is 427 g/mol. The molecular formula is C20H17N3O8. The van der Waals surface area contributed by atoms with E-state index in [0.717, 1.165) is 17.0 Å². The summed E-state index contributed by atoms with van der Waals surface area (Å²) >= 11 is 0. The highest BCUT2D eigenvalue weighted by Gasteiger charge is 2.36. The van der Waals surface area contributed by atoms with Crippen molar-refractivity contribution in [1.29, 1.82) is 0 Å². The molecule has 2 N–H and O–H groups in total. The van der Waals surface area contributed by atoms with Gasteiger partial charge in [0.25, 0.3) is 11.8 Å². The summed E-state index contributed by atoms with van der Waals surface area (Å²) in [6, 6.07) is 7.95. The van der Waals surface area contributed by atoms with Gasteiger partial charge in [-0.15, -0.1) is 0 Å². The zero-order chi connectivity index (χ0) is 22.7. The second-order valence-corrected chi connectivity index (χ2v) is 6.40. The molecule has 0 unspecified atom stereocenters. The van der Waals surface area contributed by atoms with Crippen molar-refractivity contribution >= 4 is 29.6 Å².